The Morgan fingerprint density at radius 2 is 1.30 bits per heavy atom. The molecule has 6 heteroatoms. The first kappa shape index (κ1) is 34.7. The van der Waals surface area contributed by atoms with Gasteiger partial charge in [0.05, 0.1) is 6.10 Å². The zero-order chi connectivity index (χ0) is 30.9. The molecule has 0 aliphatic heterocycles. The molecular formula is C37H56N4O2. The van der Waals surface area contributed by atoms with Crippen molar-refractivity contribution in [3.05, 3.63) is 101 Å². The SMILES string of the molecule is CNCCCN[C@H](CN[C@@H](Cc1ccccc1)C[C@H](O)[C@H](Cc1ccccc1)NCCOc1c(C)cccc1C)C(C)C. The topological polar surface area (TPSA) is 77.6 Å². The van der Waals surface area contributed by atoms with Gasteiger partial charge in [0.25, 0.3) is 0 Å². The first-order chi connectivity index (χ1) is 20.9. The first-order valence-electron chi connectivity index (χ1n) is 16.2. The zero-order valence-electron chi connectivity index (χ0n) is 27.1. The van der Waals surface area contributed by atoms with E-state index < -0.39 is 6.10 Å². The van der Waals surface area contributed by atoms with E-state index in [1.54, 1.807) is 0 Å². The number of hydrogen-bond donors (Lipinski definition) is 5. The van der Waals surface area contributed by atoms with Crippen LogP contribution in [0.1, 0.15) is 48.9 Å². The van der Waals surface area contributed by atoms with Crippen LogP contribution in [-0.2, 0) is 12.8 Å². The second-order valence-corrected chi connectivity index (χ2v) is 12.2. The molecule has 0 saturated carbocycles. The first-order valence-corrected chi connectivity index (χ1v) is 16.2. The zero-order valence-corrected chi connectivity index (χ0v) is 27.1. The van der Waals surface area contributed by atoms with E-state index in [4.69, 9.17) is 4.74 Å². The Hall–Kier alpha value is -2.74. The van der Waals surface area contributed by atoms with Gasteiger partial charge in [0.15, 0.2) is 0 Å². The van der Waals surface area contributed by atoms with Crippen LogP contribution in [0.3, 0.4) is 0 Å². The normalized spacial score (nSPS) is 14.4. The van der Waals surface area contributed by atoms with E-state index in [1.807, 2.05) is 13.1 Å². The minimum absolute atomic E-state index is 0.0930. The number of aliphatic hydroxyl groups excluding tert-OH is 1. The van der Waals surface area contributed by atoms with Gasteiger partial charge in [0, 0.05) is 31.2 Å². The fourth-order valence-electron chi connectivity index (χ4n) is 5.62. The predicted molar refractivity (Wildman–Crippen MR) is 181 cm³/mol. The van der Waals surface area contributed by atoms with Gasteiger partial charge in [0.2, 0.25) is 0 Å². The summed E-state index contributed by atoms with van der Waals surface area (Å²) in [4.78, 5) is 0. The largest absolute Gasteiger partial charge is 0.492 e. The number of benzene rings is 3. The summed E-state index contributed by atoms with van der Waals surface area (Å²) in [7, 11) is 2.00. The average molecular weight is 589 g/mol. The Balaban J connectivity index is 1.67. The van der Waals surface area contributed by atoms with Crippen molar-refractivity contribution in [2.45, 2.75) is 77.6 Å². The van der Waals surface area contributed by atoms with Gasteiger partial charge in [-0.3, -0.25) is 0 Å². The Kier molecular flexibility index (Phi) is 15.8. The maximum atomic E-state index is 11.7. The molecule has 43 heavy (non-hydrogen) atoms. The summed E-state index contributed by atoms with van der Waals surface area (Å²) in [5.74, 6) is 1.46. The van der Waals surface area contributed by atoms with Crippen molar-refractivity contribution in [1.82, 2.24) is 21.3 Å². The van der Waals surface area contributed by atoms with E-state index in [-0.39, 0.29) is 12.1 Å². The van der Waals surface area contributed by atoms with Gasteiger partial charge in [-0.2, -0.15) is 0 Å². The molecule has 0 fully saturated rings. The number of hydrogen-bond acceptors (Lipinski definition) is 6. The molecule has 3 rings (SSSR count). The lowest BCUT2D eigenvalue weighted by atomic mass is 9.93. The van der Waals surface area contributed by atoms with Crippen LogP contribution in [0.25, 0.3) is 0 Å². The van der Waals surface area contributed by atoms with Gasteiger partial charge in [-0.15, -0.1) is 0 Å². The highest BCUT2D eigenvalue weighted by atomic mass is 16.5. The maximum absolute atomic E-state index is 11.7. The van der Waals surface area contributed by atoms with Gasteiger partial charge in [-0.05, 0) is 87.8 Å². The molecular weight excluding hydrogens is 532 g/mol. The third kappa shape index (κ3) is 12.8. The molecule has 4 atom stereocenters. The standard InChI is InChI=1S/C37H56N4O2/c1-28(2)35(39-21-13-20-38-5)27-41-33(24-31-16-8-6-9-17-31)26-36(42)34(25-32-18-10-7-11-19-32)40-22-23-43-37-29(3)14-12-15-30(37)4/h6-12,14-19,28,33-36,38-42H,13,20-27H2,1-5H3/t33-,34-,35+,36-/m0/s1. The minimum Gasteiger partial charge on any atom is -0.492 e. The third-order valence-corrected chi connectivity index (χ3v) is 8.22. The van der Waals surface area contributed by atoms with Crippen LogP contribution in [0.2, 0.25) is 0 Å². The van der Waals surface area contributed by atoms with Crippen LogP contribution in [0, 0.1) is 19.8 Å². The number of para-hydroxylation sites is 1. The second kappa shape index (κ2) is 19.5. The smallest absolute Gasteiger partial charge is 0.125 e. The minimum atomic E-state index is -0.525. The van der Waals surface area contributed by atoms with Crippen molar-refractivity contribution in [2.75, 3.05) is 39.8 Å². The van der Waals surface area contributed by atoms with Crippen LogP contribution in [0.4, 0.5) is 0 Å². The highest BCUT2D eigenvalue weighted by molar-refractivity contribution is 5.39. The molecule has 0 bridgehead atoms. The monoisotopic (exact) mass is 588 g/mol. The summed E-state index contributed by atoms with van der Waals surface area (Å²) in [6, 6.07) is 27.7. The van der Waals surface area contributed by atoms with E-state index in [2.05, 4.69) is 122 Å². The molecule has 0 heterocycles. The van der Waals surface area contributed by atoms with Crippen LogP contribution >= 0.6 is 0 Å². The molecule has 0 aliphatic rings. The summed E-state index contributed by atoms with van der Waals surface area (Å²) < 4.78 is 6.18. The van der Waals surface area contributed by atoms with Crippen molar-refractivity contribution in [3.8, 4) is 5.75 Å². The third-order valence-electron chi connectivity index (χ3n) is 8.22. The highest BCUT2D eigenvalue weighted by Gasteiger charge is 2.25. The van der Waals surface area contributed by atoms with Crippen molar-refractivity contribution in [1.29, 1.82) is 0 Å². The molecule has 6 nitrogen and oxygen atoms in total. The maximum Gasteiger partial charge on any atom is 0.125 e. The van der Waals surface area contributed by atoms with Gasteiger partial charge in [0.1, 0.15) is 12.4 Å². The summed E-state index contributed by atoms with van der Waals surface area (Å²) >= 11 is 0. The van der Waals surface area contributed by atoms with Crippen molar-refractivity contribution < 1.29 is 9.84 Å². The van der Waals surface area contributed by atoms with Gasteiger partial charge >= 0.3 is 0 Å². The van der Waals surface area contributed by atoms with Crippen LogP contribution in [-0.4, -0.2) is 69.2 Å². The fraction of sp³-hybridized carbons (Fsp3) is 0.514. The molecule has 0 radical (unpaired) electrons. The predicted octanol–water partition coefficient (Wildman–Crippen LogP) is 5.06. The molecule has 3 aromatic rings. The van der Waals surface area contributed by atoms with Gasteiger partial charge in [-0.25, -0.2) is 0 Å². The number of ether oxygens (including phenoxy) is 1. The highest BCUT2D eigenvalue weighted by Crippen LogP contribution is 2.22. The fourth-order valence-corrected chi connectivity index (χ4v) is 5.62. The quantitative estimate of drug-likeness (QED) is 0.112. The van der Waals surface area contributed by atoms with E-state index in [0.29, 0.717) is 31.5 Å². The number of aryl methyl sites for hydroxylation is 2. The number of nitrogens with one attached hydrogen (secondary N) is 4. The summed E-state index contributed by atoms with van der Waals surface area (Å²) in [5.41, 5.74) is 4.79. The van der Waals surface area contributed by atoms with Crippen molar-refractivity contribution in [2.24, 2.45) is 5.92 Å². The van der Waals surface area contributed by atoms with E-state index in [1.165, 1.54) is 11.1 Å². The molecule has 236 valence electrons. The lowest BCUT2D eigenvalue weighted by Crippen LogP contribution is -2.50. The molecule has 0 aromatic heterocycles. The Labute approximate surface area is 261 Å². The summed E-state index contributed by atoms with van der Waals surface area (Å²) in [6.45, 7) is 12.8. The molecule has 3 aromatic carbocycles. The van der Waals surface area contributed by atoms with Gasteiger partial charge in [-0.1, -0.05) is 92.7 Å². The molecule has 0 spiro atoms. The number of rotatable bonds is 21. The van der Waals surface area contributed by atoms with E-state index in [9.17, 15) is 5.11 Å². The molecule has 0 aliphatic carbocycles. The molecule has 0 unspecified atom stereocenters. The van der Waals surface area contributed by atoms with Crippen molar-refractivity contribution in [3.63, 3.8) is 0 Å². The average Bonchev–Trinajstić information content (AvgIpc) is 3.00. The molecule has 5 N–H and O–H groups in total. The summed E-state index contributed by atoms with van der Waals surface area (Å²) in [5, 5.41) is 26.2. The Morgan fingerprint density at radius 3 is 1.91 bits per heavy atom. The van der Waals surface area contributed by atoms with Gasteiger partial charge < -0.3 is 31.1 Å². The van der Waals surface area contributed by atoms with E-state index in [0.717, 1.165) is 55.8 Å². The Bertz CT molecular complexity index is 1120. The van der Waals surface area contributed by atoms with Crippen molar-refractivity contribution >= 4 is 0 Å². The van der Waals surface area contributed by atoms with Crippen LogP contribution in [0.15, 0.2) is 78.9 Å². The number of aliphatic hydroxyl groups is 1. The lowest BCUT2D eigenvalue weighted by molar-refractivity contribution is 0.102. The second-order valence-electron chi connectivity index (χ2n) is 12.2. The molecule has 0 saturated heterocycles. The summed E-state index contributed by atoms with van der Waals surface area (Å²) in [6.07, 6.45) is 2.86. The van der Waals surface area contributed by atoms with E-state index >= 15 is 0 Å². The Morgan fingerprint density at radius 1 is 0.698 bits per heavy atom. The molecule has 0 amide bonds. The van der Waals surface area contributed by atoms with Crippen LogP contribution in [0.5, 0.6) is 5.75 Å². The van der Waals surface area contributed by atoms with Crippen LogP contribution < -0.4 is 26.0 Å². The lowest BCUT2D eigenvalue weighted by Gasteiger charge is -2.31.